The van der Waals surface area contributed by atoms with Crippen molar-refractivity contribution in [2.24, 2.45) is 0 Å². The molecule has 0 radical (unpaired) electrons. The van der Waals surface area contributed by atoms with Crippen LogP contribution in [0.25, 0.3) is 0 Å². The molecule has 0 aromatic carbocycles. The van der Waals surface area contributed by atoms with Gasteiger partial charge in [-0.2, -0.15) is 0 Å². The number of rotatable bonds is 5. The van der Waals surface area contributed by atoms with E-state index in [2.05, 4.69) is 15.6 Å². The van der Waals surface area contributed by atoms with Crippen LogP contribution >= 0.6 is 12.4 Å². The summed E-state index contributed by atoms with van der Waals surface area (Å²) in [6, 6.07) is 0.148. The maximum Gasteiger partial charge on any atom is 0.407 e. The Labute approximate surface area is 123 Å². The molecule has 2 rings (SSSR count). The second kappa shape index (κ2) is 8.03. The number of aromatic nitrogens is 3. The molecular weight excluding hydrogens is 286 g/mol. The van der Waals surface area contributed by atoms with E-state index in [9.17, 15) is 4.79 Å². The third kappa shape index (κ3) is 4.62. The Hall–Kier alpha value is -1.38. The second-order valence-corrected chi connectivity index (χ2v) is 4.61. The van der Waals surface area contributed by atoms with Gasteiger partial charge >= 0.3 is 6.09 Å². The average Bonchev–Trinajstić information content (AvgIpc) is 2.85. The molecule has 8 nitrogen and oxygen atoms in total. The molecule has 0 spiro atoms. The van der Waals surface area contributed by atoms with Gasteiger partial charge in [0.1, 0.15) is 0 Å². The molecule has 0 aliphatic carbocycles. The summed E-state index contributed by atoms with van der Waals surface area (Å²) < 4.78 is 1.73. The molecule has 2 heterocycles. The van der Waals surface area contributed by atoms with Crippen LogP contribution in [0.5, 0.6) is 0 Å². The standard InChI is InChI=1S/C11H19N5O3.ClH/c17-6-2-10-8-16(14-13-10)4-1-9-7-15(11(18)19)5-3-12-9;/h8-9,12,17H,1-7H2,(H,18,19);1H/t9-;/m1./s1. The van der Waals surface area contributed by atoms with Gasteiger partial charge in [0.05, 0.1) is 5.69 Å². The third-order valence-electron chi connectivity index (χ3n) is 3.19. The minimum Gasteiger partial charge on any atom is -0.465 e. The summed E-state index contributed by atoms with van der Waals surface area (Å²) in [6.45, 7) is 2.48. The lowest BCUT2D eigenvalue weighted by molar-refractivity contribution is 0.126. The average molecular weight is 306 g/mol. The van der Waals surface area contributed by atoms with Gasteiger partial charge in [0.25, 0.3) is 0 Å². The number of halogens is 1. The van der Waals surface area contributed by atoms with Crippen molar-refractivity contribution in [2.45, 2.75) is 25.4 Å². The molecule has 0 bridgehead atoms. The number of carbonyl (C=O) groups is 1. The number of hydrogen-bond donors (Lipinski definition) is 3. The van der Waals surface area contributed by atoms with Crippen LogP contribution in [-0.4, -0.2) is 68.5 Å². The molecular formula is C11H20ClN5O3. The topological polar surface area (TPSA) is 104 Å². The molecule has 0 saturated carbocycles. The largest absolute Gasteiger partial charge is 0.465 e. The van der Waals surface area contributed by atoms with Crippen LogP contribution in [0, 0.1) is 0 Å². The fraction of sp³-hybridized carbons (Fsp3) is 0.727. The number of aliphatic hydroxyl groups is 1. The molecule has 1 aromatic rings. The first-order chi connectivity index (χ1) is 9.19. The molecule has 1 fully saturated rings. The highest BCUT2D eigenvalue weighted by Gasteiger charge is 2.22. The lowest BCUT2D eigenvalue weighted by atomic mass is 10.1. The Kier molecular flexibility index (Phi) is 6.69. The Morgan fingerprint density at radius 1 is 1.55 bits per heavy atom. The Balaban J connectivity index is 0.00000200. The molecule has 1 atom stereocenters. The molecule has 1 aromatic heterocycles. The molecule has 0 unspecified atom stereocenters. The molecule has 1 amide bonds. The minimum absolute atomic E-state index is 0. The van der Waals surface area contributed by atoms with Gasteiger partial charge in [-0.25, -0.2) is 4.79 Å². The Morgan fingerprint density at radius 3 is 3.05 bits per heavy atom. The lowest BCUT2D eigenvalue weighted by Crippen LogP contribution is -2.52. The van der Waals surface area contributed by atoms with E-state index < -0.39 is 6.09 Å². The lowest BCUT2D eigenvalue weighted by Gasteiger charge is -2.31. The van der Waals surface area contributed by atoms with Gasteiger partial charge in [-0.15, -0.1) is 17.5 Å². The summed E-state index contributed by atoms with van der Waals surface area (Å²) >= 11 is 0. The fourth-order valence-electron chi connectivity index (χ4n) is 2.16. The van der Waals surface area contributed by atoms with Crippen molar-refractivity contribution >= 4 is 18.5 Å². The maximum atomic E-state index is 10.9. The van der Waals surface area contributed by atoms with Crippen molar-refractivity contribution in [3.05, 3.63) is 11.9 Å². The number of nitrogens with zero attached hydrogens (tertiary/aromatic N) is 4. The molecule has 1 aliphatic heterocycles. The van der Waals surface area contributed by atoms with Gasteiger partial charge < -0.3 is 20.4 Å². The SMILES string of the molecule is Cl.O=C(O)N1CCN[C@H](CCn2cc(CCO)nn2)C1. The van der Waals surface area contributed by atoms with E-state index in [0.717, 1.165) is 12.1 Å². The van der Waals surface area contributed by atoms with E-state index in [1.165, 1.54) is 4.90 Å². The third-order valence-corrected chi connectivity index (χ3v) is 3.19. The molecule has 114 valence electrons. The number of nitrogens with one attached hydrogen (secondary N) is 1. The summed E-state index contributed by atoms with van der Waals surface area (Å²) in [5.41, 5.74) is 0.770. The number of aryl methyl sites for hydroxylation is 1. The normalized spacial score (nSPS) is 18.6. The van der Waals surface area contributed by atoms with Crippen LogP contribution in [0.3, 0.4) is 0 Å². The van der Waals surface area contributed by atoms with E-state index in [-0.39, 0.29) is 25.1 Å². The van der Waals surface area contributed by atoms with Crippen LogP contribution in [0.4, 0.5) is 4.79 Å². The number of hydrogen-bond acceptors (Lipinski definition) is 5. The first-order valence-corrected chi connectivity index (χ1v) is 6.40. The summed E-state index contributed by atoms with van der Waals surface area (Å²) in [6.07, 6.45) is 2.26. The van der Waals surface area contributed by atoms with Gasteiger partial charge in [-0.3, -0.25) is 4.68 Å². The van der Waals surface area contributed by atoms with Crippen molar-refractivity contribution in [1.29, 1.82) is 0 Å². The van der Waals surface area contributed by atoms with Gasteiger partial charge in [0.15, 0.2) is 0 Å². The monoisotopic (exact) mass is 305 g/mol. The number of amides is 1. The van der Waals surface area contributed by atoms with Crippen LogP contribution in [0.1, 0.15) is 12.1 Å². The van der Waals surface area contributed by atoms with Crippen LogP contribution < -0.4 is 5.32 Å². The molecule has 1 aliphatic rings. The summed E-state index contributed by atoms with van der Waals surface area (Å²) in [4.78, 5) is 12.3. The smallest absolute Gasteiger partial charge is 0.407 e. The molecule has 3 N–H and O–H groups in total. The van der Waals surface area contributed by atoms with Gasteiger partial charge in [-0.05, 0) is 6.42 Å². The van der Waals surface area contributed by atoms with Crippen molar-refractivity contribution < 1.29 is 15.0 Å². The van der Waals surface area contributed by atoms with E-state index >= 15 is 0 Å². The highest BCUT2D eigenvalue weighted by Crippen LogP contribution is 2.05. The van der Waals surface area contributed by atoms with E-state index in [1.54, 1.807) is 4.68 Å². The van der Waals surface area contributed by atoms with Gasteiger partial charge in [-0.1, -0.05) is 5.21 Å². The van der Waals surface area contributed by atoms with Crippen molar-refractivity contribution in [2.75, 3.05) is 26.2 Å². The predicted octanol–water partition coefficient (Wildman–Crippen LogP) is -0.423. The van der Waals surface area contributed by atoms with Crippen molar-refractivity contribution in [1.82, 2.24) is 25.2 Å². The quantitative estimate of drug-likeness (QED) is 0.682. The predicted molar refractivity (Wildman–Crippen MR) is 74.1 cm³/mol. The molecule has 9 heteroatoms. The minimum atomic E-state index is -0.863. The first-order valence-electron chi connectivity index (χ1n) is 6.40. The van der Waals surface area contributed by atoms with Crippen LogP contribution in [0.2, 0.25) is 0 Å². The van der Waals surface area contributed by atoms with Gasteiger partial charge in [0.2, 0.25) is 0 Å². The number of piperazine rings is 1. The maximum absolute atomic E-state index is 10.9. The van der Waals surface area contributed by atoms with Gasteiger partial charge in [0, 0.05) is 51.4 Å². The highest BCUT2D eigenvalue weighted by molar-refractivity contribution is 5.85. The number of aliphatic hydroxyl groups excluding tert-OH is 1. The molecule has 20 heavy (non-hydrogen) atoms. The summed E-state index contributed by atoms with van der Waals surface area (Å²) in [5, 5.41) is 29.0. The fourth-order valence-corrected chi connectivity index (χ4v) is 2.16. The second-order valence-electron chi connectivity index (χ2n) is 4.61. The zero-order chi connectivity index (χ0) is 13.7. The zero-order valence-corrected chi connectivity index (χ0v) is 11.9. The summed E-state index contributed by atoms with van der Waals surface area (Å²) in [7, 11) is 0. The van der Waals surface area contributed by atoms with Crippen LogP contribution in [0.15, 0.2) is 6.20 Å². The van der Waals surface area contributed by atoms with Crippen LogP contribution in [-0.2, 0) is 13.0 Å². The zero-order valence-electron chi connectivity index (χ0n) is 11.1. The van der Waals surface area contributed by atoms with E-state index in [0.29, 0.717) is 32.6 Å². The van der Waals surface area contributed by atoms with Crippen molar-refractivity contribution in [3.8, 4) is 0 Å². The molecule has 1 saturated heterocycles. The first kappa shape index (κ1) is 16.7. The van der Waals surface area contributed by atoms with Crippen molar-refractivity contribution in [3.63, 3.8) is 0 Å². The van der Waals surface area contributed by atoms with E-state index in [1.807, 2.05) is 6.20 Å². The Morgan fingerprint density at radius 2 is 2.35 bits per heavy atom. The van der Waals surface area contributed by atoms with E-state index in [4.69, 9.17) is 10.2 Å². The number of carboxylic acid groups (broad SMARTS) is 1. The summed E-state index contributed by atoms with van der Waals surface area (Å²) in [5.74, 6) is 0. The Bertz CT molecular complexity index is 428. The highest BCUT2D eigenvalue weighted by atomic mass is 35.5.